The highest BCUT2D eigenvalue weighted by Crippen LogP contribution is 2.35. The third-order valence-electron chi connectivity index (χ3n) is 5.18. The van der Waals surface area contributed by atoms with E-state index in [9.17, 15) is 33.3 Å². The van der Waals surface area contributed by atoms with Gasteiger partial charge in [0.25, 0.3) is 0 Å². The fourth-order valence-electron chi connectivity index (χ4n) is 3.29. The fraction of sp³-hybridized carbons (Fsp3) is 0.667. The minimum absolute atomic E-state index is 0.113. The van der Waals surface area contributed by atoms with Gasteiger partial charge in [0, 0.05) is 18.5 Å². The van der Waals surface area contributed by atoms with Crippen molar-refractivity contribution in [2.75, 3.05) is 0 Å². The third-order valence-corrected chi connectivity index (χ3v) is 5.18. The highest BCUT2D eigenvalue weighted by molar-refractivity contribution is 5.79. The van der Waals surface area contributed by atoms with E-state index in [1.165, 1.54) is 0 Å². The largest absolute Gasteiger partial charge is 0.417 e. The van der Waals surface area contributed by atoms with E-state index in [1.807, 2.05) is 26.0 Å². The van der Waals surface area contributed by atoms with Crippen LogP contribution in [0.3, 0.4) is 0 Å². The Labute approximate surface area is 170 Å². The summed E-state index contributed by atoms with van der Waals surface area (Å²) in [5.74, 6) is -1.23. The molecule has 4 atom stereocenters. The van der Waals surface area contributed by atoms with Gasteiger partial charge in [-0.1, -0.05) is 25.7 Å². The van der Waals surface area contributed by atoms with Gasteiger partial charge in [-0.25, -0.2) is 0 Å². The lowest BCUT2D eigenvalue weighted by Crippen LogP contribution is -2.46. The molecule has 0 aromatic carbocycles. The molecule has 0 spiro atoms. The van der Waals surface area contributed by atoms with Gasteiger partial charge in [-0.05, 0) is 50.2 Å². The van der Waals surface area contributed by atoms with Gasteiger partial charge in [-0.2, -0.15) is 13.2 Å². The molecule has 8 heteroatoms. The number of carbonyl (C=O) groups is 1. The van der Waals surface area contributed by atoms with E-state index in [4.69, 9.17) is 0 Å². The van der Waals surface area contributed by atoms with Crippen molar-refractivity contribution in [3.63, 3.8) is 0 Å². The molecule has 1 saturated carbocycles. The smallest absolute Gasteiger partial charge is 0.393 e. The van der Waals surface area contributed by atoms with E-state index < -0.39 is 36.3 Å². The molecule has 0 aliphatic heterocycles. The SMILES string of the molecule is C=C1/C(=C(\NC(=O)CC(C)(O)C(F)(F)F)[C@H](C)CCC/C=C/C)C[C@@H](O)C[C@@H]1O. The number of aliphatic hydroxyl groups is 3. The monoisotopic (exact) mass is 419 g/mol. The zero-order valence-electron chi connectivity index (χ0n) is 17.2. The van der Waals surface area contributed by atoms with Crippen molar-refractivity contribution >= 4 is 5.91 Å². The van der Waals surface area contributed by atoms with Gasteiger partial charge in [0.2, 0.25) is 5.91 Å². The van der Waals surface area contributed by atoms with Crippen LogP contribution in [0.2, 0.25) is 0 Å². The molecule has 1 aliphatic carbocycles. The van der Waals surface area contributed by atoms with Gasteiger partial charge >= 0.3 is 6.18 Å². The molecule has 0 heterocycles. The lowest BCUT2D eigenvalue weighted by Gasteiger charge is -2.32. The van der Waals surface area contributed by atoms with Crippen LogP contribution in [0.1, 0.15) is 59.3 Å². The lowest BCUT2D eigenvalue weighted by molar-refractivity contribution is -0.253. The summed E-state index contributed by atoms with van der Waals surface area (Å²) in [4.78, 5) is 12.3. The van der Waals surface area contributed by atoms with Crippen molar-refractivity contribution in [3.8, 4) is 0 Å². The Kier molecular flexibility index (Phi) is 9.11. The van der Waals surface area contributed by atoms with Gasteiger partial charge in [-0.15, -0.1) is 0 Å². The first-order chi connectivity index (χ1) is 13.3. The molecule has 166 valence electrons. The fourth-order valence-corrected chi connectivity index (χ4v) is 3.29. The second-order valence-corrected chi connectivity index (χ2v) is 7.92. The molecule has 29 heavy (non-hydrogen) atoms. The second kappa shape index (κ2) is 10.4. The summed E-state index contributed by atoms with van der Waals surface area (Å²) in [7, 11) is 0. The van der Waals surface area contributed by atoms with Gasteiger partial charge in [0.15, 0.2) is 5.60 Å². The molecule has 0 aromatic rings. The number of nitrogens with one attached hydrogen (secondary N) is 1. The standard InChI is InChI=1S/C21H32F3NO4/c1-5-6-7-8-9-13(2)19(16-10-15(26)11-17(27)14(16)3)25-18(28)12-20(4,29)21(22,23)24/h5-6,13,15,17,26-27,29H,3,7-12H2,1-2,4H3,(H,25,28)/b6-5+,19-16-/t13-,15-,17+,20?/m1/s1. The maximum Gasteiger partial charge on any atom is 0.417 e. The van der Waals surface area contributed by atoms with Gasteiger partial charge in [0.05, 0.1) is 18.6 Å². The highest BCUT2D eigenvalue weighted by Gasteiger charge is 2.51. The van der Waals surface area contributed by atoms with E-state index in [0.717, 1.165) is 12.8 Å². The molecule has 1 unspecified atom stereocenters. The van der Waals surface area contributed by atoms with Crippen molar-refractivity contribution in [1.29, 1.82) is 0 Å². The third kappa shape index (κ3) is 7.28. The normalized spacial score (nSPS) is 25.6. The zero-order valence-corrected chi connectivity index (χ0v) is 17.2. The first-order valence-corrected chi connectivity index (χ1v) is 9.78. The number of halogens is 3. The molecule has 4 N–H and O–H groups in total. The maximum absolute atomic E-state index is 12.9. The number of unbranched alkanes of at least 4 members (excludes halogenated alkanes) is 1. The Morgan fingerprint density at radius 2 is 2.00 bits per heavy atom. The van der Waals surface area contributed by atoms with Crippen molar-refractivity contribution in [1.82, 2.24) is 5.32 Å². The Balaban J connectivity index is 3.12. The van der Waals surface area contributed by atoms with Crippen molar-refractivity contribution in [2.45, 2.75) is 83.3 Å². The molecule has 0 radical (unpaired) electrons. The topological polar surface area (TPSA) is 89.8 Å². The number of carbonyl (C=O) groups excluding carboxylic acids is 1. The maximum atomic E-state index is 12.9. The molecule has 0 aromatic heterocycles. The lowest BCUT2D eigenvalue weighted by atomic mass is 9.82. The summed E-state index contributed by atoms with van der Waals surface area (Å²) in [5.41, 5.74) is -2.02. The Hall–Kier alpha value is -1.64. The minimum atomic E-state index is -4.95. The van der Waals surface area contributed by atoms with E-state index in [1.54, 1.807) is 0 Å². The molecular formula is C21H32F3NO4. The van der Waals surface area contributed by atoms with Crippen molar-refractivity contribution < 1.29 is 33.3 Å². The van der Waals surface area contributed by atoms with E-state index in [2.05, 4.69) is 11.9 Å². The van der Waals surface area contributed by atoms with E-state index >= 15 is 0 Å². The summed E-state index contributed by atoms with van der Waals surface area (Å²) in [6, 6.07) is 0. The Morgan fingerprint density at radius 3 is 2.55 bits per heavy atom. The van der Waals surface area contributed by atoms with Crippen molar-refractivity contribution in [2.24, 2.45) is 5.92 Å². The van der Waals surface area contributed by atoms with E-state index in [0.29, 0.717) is 30.2 Å². The second-order valence-electron chi connectivity index (χ2n) is 7.92. The number of aliphatic hydroxyl groups excluding tert-OH is 2. The first kappa shape index (κ1) is 25.4. The quantitative estimate of drug-likeness (QED) is 0.358. The van der Waals surface area contributed by atoms with Gasteiger partial charge in [-0.3, -0.25) is 4.79 Å². The number of hydrogen-bond donors (Lipinski definition) is 4. The molecule has 1 rings (SSSR count). The minimum Gasteiger partial charge on any atom is -0.393 e. The molecule has 1 aliphatic rings. The zero-order chi connectivity index (χ0) is 22.4. The molecular weight excluding hydrogens is 387 g/mol. The molecule has 0 saturated heterocycles. The van der Waals surface area contributed by atoms with Crippen LogP contribution in [0, 0.1) is 5.92 Å². The van der Waals surface area contributed by atoms with Crippen LogP contribution in [0.15, 0.2) is 35.6 Å². The van der Waals surface area contributed by atoms with Crippen LogP contribution in [-0.2, 0) is 4.79 Å². The average molecular weight is 419 g/mol. The summed E-state index contributed by atoms with van der Waals surface area (Å²) >= 11 is 0. The Morgan fingerprint density at radius 1 is 1.38 bits per heavy atom. The van der Waals surface area contributed by atoms with Crippen LogP contribution in [0.25, 0.3) is 0 Å². The molecule has 1 fully saturated rings. The van der Waals surface area contributed by atoms with Crippen LogP contribution in [0.5, 0.6) is 0 Å². The predicted molar refractivity (Wildman–Crippen MR) is 105 cm³/mol. The number of amides is 1. The highest BCUT2D eigenvalue weighted by atomic mass is 19.4. The van der Waals surface area contributed by atoms with Gasteiger partial charge < -0.3 is 20.6 Å². The number of rotatable bonds is 8. The van der Waals surface area contributed by atoms with Crippen LogP contribution in [-0.4, -0.2) is 45.2 Å². The summed E-state index contributed by atoms with van der Waals surface area (Å²) in [5, 5.41) is 32.3. The van der Waals surface area contributed by atoms with Gasteiger partial charge in [0.1, 0.15) is 0 Å². The van der Waals surface area contributed by atoms with Crippen LogP contribution >= 0.6 is 0 Å². The predicted octanol–water partition coefficient (Wildman–Crippen LogP) is 3.51. The number of alkyl halides is 3. The van der Waals surface area contributed by atoms with Crippen LogP contribution < -0.4 is 5.32 Å². The van der Waals surface area contributed by atoms with E-state index in [-0.39, 0.29) is 18.8 Å². The average Bonchev–Trinajstić information content (AvgIpc) is 2.58. The summed E-state index contributed by atoms with van der Waals surface area (Å²) in [6.45, 7) is 8.10. The number of hydrogen-bond acceptors (Lipinski definition) is 4. The summed E-state index contributed by atoms with van der Waals surface area (Å²) < 4.78 is 38.8. The first-order valence-electron chi connectivity index (χ1n) is 9.78. The van der Waals surface area contributed by atoms with Crippen molar-refractivity contribution in [3.05, 3.63) is 35.6 Å². The van der Waals surface area contributed by atoms with Crippen LogP contribution in [0.4, 0.5) is 13.2 Å². The molecule has 1 amide bonds. The Bertz CT molecular complexity index is 653. The number of allylic oxidation sites excluding steroid dienone is 3. The molecule has 0 bridgehead atoms. The summed E-state index contributed by atoms with van der Waals surface area (Å²) in [6.07, 6.45) is -1.54. The molecule has 5 nitrogen and oxygen atoms in total.